The van der Waals surface area contributed by atoms with Crippen molar-refractivity contribution in [3.05, 3.63) is 92.8 Å². The fourth-order valence-electron chi connectivity index (χ4n) is 3.34. The first-order chi connectivity index (χ1) is 17.3. The minimum absolute atomic E-state index is 0.204. The maximum Gasteiger partial charge on any atom is 0.294 e. The second kappa shape index (κ2) is 11.5. The number of amides is 3. The van der Waals surface area contributed by atoms with Gasteiger partial charge in [0.1, 0.15) is 13.2 Å². The SMILES string of the molecule is COc1cc(/C=C2/SC(=O)N(CC(=O)Nc3ccccc3)C2=O)ccc1OCc1ccc(Cl)cc1Cl. The molecular weight excluding hydrogens is 523 g/mol. The molecule has 3 aromatic carbocycles. The summed E-state index contributed by atoms with van der Waals surface area (Å²) in [6, 6.07) is 19.1. The number of halogens is 2. The summed E-state index contributed by atoms with van der Waals surface area (Å²) in [5.41, 5.74) is 1.97. The molecule has 1 N–H and O–H groups in total. The van der Waals surface area contributed by atoms with Crippen molar-refractivity contribution in [1.82, 2.24) is 4.90 Å². The number of hydrogen-bond donors (Lipinski definition) is 1. The van der Waals surface area contributed by atoms with Crippen LogP contribution >= 0.6 is 35.0 Å². The van der Waals surface area contributed by atoms with E-state index in [0.717, 1.165) is 22.2 Å². The van der Waals surface area contributed by atoms with E-state index in [0.29, 0.717) is 32.8 Å². The molecular formula is C26H20Cl2N2O5S. The molecule has 0 unspecified atom stereocenters. The van der Waals surface area contributed by atoms with Gasteiger partial charge in [-0.2, -0.15) is 0 Å². The normalized spacial score (nSPS) is 14.3. The Hall–Kier alpha value is -3.46. The van der Waals surface area contributed by atoms with E-state index in [1.54, 1.807) is 66.7 Å². The predicted molar refractivity (Wildman–Crippen MR) is 142 cm³/mol. The molecule has 7 nitrogen and oxygen atoms in total. The summed E-state index contributed by atoms with van der Waals surface area (Å²) in [5, 5.41) is 3.18. The van der Waals surface area contributed by atoms with Gasteiger partial charge in [-0.05, 0) is 59.8 Å². The highest BCUT2D eigenvalue weighted by Crippen LogP contribution is 2.35. The number of rotatable bonds is 8. The number of hydrogen-bond acceptors (Lipinski definition) is 6. The number of nitrogens with zero attached hydrogens (tertiary/aromatic N) is 1. The molecule has 0 spiro atoms. The molecule has 10 heteroatoms. The van der Waals surface area contributed by atoms with Crippen LogP contribution in [-0.2, 0) is 16.2 Å². The summed E-state index contributed by atoms with van der Waals surface area (Å²) in [6.07, 6.45) is 1.57. The molecule has 184 valence electrons. The van der Waals surface area contributed by atoms with Gasteiger partial charge in [0.15, 0.2) is 11.5 Å². The minimum Gasteiger partial charge on any atom is -0.493 e. The first-order valence-corrected chi connectivity index (χ1v) is 12.3. The van der Waals surface area contributed by atoms with Gasteiger partial charge in [0.2, 0.25) is 5.91 Å². The van der Waals surface area contributed by atoms with Crippen molar-refractivity contribution < 1.29 is 23.9 Å². The van der Waals surface area contributed by atoms with E-state index < -0.39 is 17.1 Å². The predicted octanol–water partition coefficient (Wildman–Crippen LogP) is 6.26. The van der Waals surface area contributed by atoms with Crippen LogP contribution < -0.4 is 14.8 Å². The minimum atomic E-state index is -0.537. The number of imide groups is 1. The Balaban J connectivity index is 1.43. The van der Waals surface area contributed by atoms with Gasteiger partial charge in [-0.25, -0.2) is 0 Å². The summed E-state index contributed by atoms with van der Waals surface area (Å²) in [7, 11) is 1.50. The van der Waals surface area contributed by atoms with Gasteiger partial charge in [0, 0.05) is 21.3 Å². The lowest BCUT2D eigenvalue weighted by Crippen LogP contribution is -2.36. The van der Waals surface area contributed by atoms with E-state index in [1.807, 2.05) is 6.07 Å². The molecule has 0 bridgehead atoms. The van der Waals surface area contributed by atoms with E-state index in [9.17, 15) is 14.4 Å². The van der Waals surface area contributed by atoms with Crippen LogP contribution in [0, 0.1) is 0 Å². The highest BCUT2D eigenvalue weighted by Gasteiger charge is 2.36. The number of ether oxygens (including phenoxy) is 2. The molecule has 1 fully saturated rings. The molecule has 0 aromatic heterocycles. The lowest BCUT2D eigenvalue weighted by molar-refractivity contribution is -0.127. The van der Waals surface area contributed by atoms with Crippen LogP contribution in [0.5, 0.6) is 11.5 Å². The molecule has 1 saturated heterocycles. The number of benzene rings is 3. The first-order valence-electron chi connectivity index (χ1n) is 10.7. The van der Waals surface area contributed by atoms with Crippen molar-refractivity contribution in [1.29, 1.82) is 0 Å². The number of thioether (sulfide) groups is 1. The van der Waals surface area contributed by atoms with Crippen LogP contribution in [0.2, 0.25) is 10.0 Å². The van der Waals surface area contributed by atoms with E-state index in [-0.39, 0.29) is 18.1 Å². The molecule has 1 aliphatic rings. The first kappa shape index (κ1) is 25.6. The summed E-state index contributed by atoms with van der Waals surface area (Å²) < 4.78 is 11.3. The lowest BCUT2D eigenvalue weighted by atomic mass is 10.1. The maximum absolute atomic E-state index is 12.8. The number of anilines is 1. The fraction of sp³-hybridized carbons (Fsp3) is 0.115. The standard InChI is InChI=1S/C26H20Cl2N2O5S/c1-34-22-11-16(7-10-21(22)35-15-17-8-9-18(27)13-20(17)28)12-23-25(32)30(26(33)36-23)14-24(31)29-19-5-3-2-4-6-19/h2-13H,14-15H2,1H3,(H,29,31)/b23-12+. The molecule has 0 radical (unpaired) electrons. The van der Waals surface area contributed by atoms with Crippen molar-refractivity contribution >= 4 is 63.8 Å². The van der Waals surface area contributed by atoms with E-state index >= 15 is 0 Å². The zero-order valence-corrected chi connectivity index (χ0v) is 21.3. The molecule has 1 heterocycles. The Bertz CT molecular complexity index is 1350. The number of para-hydroxylation sites is 1. The highest BCUT2D eigenvalue weighted by atomic mass is 35.5. The summed E-state index contributed by atoms with van der Waals surface area (Å²) in [4.78, 5) is 38.6. The summed E-state index contributed by atoms with van der Waals surface area (Å²) in [6.45, 7) is -0.171. The van der Waals surface area contributed by atoms with Crippen molar-refractivity contribution in [2.45, 2.75) is 6.61 Å². The average molecular weight is 543 g/mol. The Labute approximate surface area is 222 Å². The van der Waals surface area contributed by atoms with Crippen LogP contribution in [0.4, 0.5) is 10.5 Å². The summed E-state index contributed by atoms with van der Waals surface area (Å²) >= 11 is 12.9. The largest absolute Gasteiger partial charge is 0.493 e. The molecule has 3 amide bonds. The molecule has 3 aromatic rings. The van der Waals surface area contributed by atoms with Crippen LogP contribution in [0.3, 0.4) is 0 Å². The smallest absolute Gasteiger partial charge is 0.294 e. The second-order valence-electron chi connectivity index (χ2n) is 7.62. The van der Waals surface area contributed by atoms with Crippen LogP contribution in [0.25, 0.3) is 6.08 Å². The number of methoxy groups -OCH3 is 1. The van der Waals surface area contributed by atoms with Gasteiger partial charge in [0.25, 0.3) is 11.1 Å². The molecule has 0 atom stereocenters. The van der Waals surface area contributed by atoms with Gasteiger partial charge in [0.05, 0.1) is 12.0 Å². The zero-order valence-electron chi connectivity index (χ0n) is 19.0. The van der Waals surface area contributed by atoms with Gasteiger partial charge >= 0.3 is 0 Å². The molecule has 0 saturated carbocycles. The third kappa shape index (κ3) is 6.20. The second-order valence-corrected chi connectivity index (χ2v) is 9.45. The highest BCUT2D eigenvalue weighted by molar-refractivity contribution is 8.18. The fourth-order valence-corrected chi connectivity index (χ4v) is 4.64. The van der Waals surface area contributed by atoms with E-state index in [1.165, 1.54) is 7.11 Å². The van der Waals surface area contributed by atoms with Crippen molar-refractivity contribution in [3.63, 3.8) is 0 Å². The summed E-state index contributed by atoms with van der Waals surface area (Å²) in [5.74, 6) is -0.0831. The Kier molecular flexibility index (Phi) is 8.20. The van der Waals surface area contributed by atoms with Crippen LogP contribution in [-0.4, -0.2) is 35.6 Å². The quantitative estimate of drug-likeness (QED) is 0.338. The van der Waals surface area contributed by atoms with Crippen molar-refractivity contribution in [3.8, 4) is 11.5 Å². The molecule has 4 rings (SSSR count). The van der Waals surface area contributed by atoms with Crippen LogP contribution in [0.15, 0.2) is 71.6 Å². The maximum atomic E-state index is 12.8. The van der Waals surface area contributed by atoms with Gasteiger partial charge in [-0.15, -0.1) is 0 Å². The molecule has 0 aliphatic carbocycles. The Morgan fingerprint density at radius 1 is 1.03 bits per heavy atom. The number of carbonyl (C=O) groups excluding carboxylic acids is 3. The third-order valence-electron chi connectivity index (χ3n) is 5.12. The van der Waals surface area contributed by atoms with E-state index in [4.69, 9.17) is 32.7 Å². The number of carbonyl (C=O) groups is 3. The Morgan fingerprint density at radius 2 is 1.81 bits per heavy atom. The zero-order chi connectivity index (χ0) is 25.7. The number of nitrogens with one attached hydrogen (secondary N) is 1. The van der Waals surface area contributed by atoms with Crippen LogP contribution in [0.1, 0.15) is 11.1 Å². The Morgan fingerprint density at radius 3 is 2.53 bits per heavy atom. The average Bonchev–Trinajstić information content (AvgIpc) is 3.11. The van der Waals surface area contributed by atoms with Gasteiger partial charge < -0.3 is 14.8 Å². The van der Waals surface area contributed by atoms with Gasteiger partial charge in [-0.1, -0.05) is 53.5 Å². The monoisotopic (exact) mass is 542 g/mol. The van der Waals surface area contributed by atoms with E-state index in [2.05, 4.69) is 5.32 Å². The molecule has 36 heavy (non-hydrogen) atoms. The molecule has 1 aliphatic heterocycles. The van der Waals surface area contributed by atoms with Gasteiger partial charge in [-0.3, -0.25) is 19.3 Å². The van der Waals surface area contributed by atoms with Crippen molar-refractivity contribution in [2.75, 3.05) is 19.0 Å². The third-order valence-corrected chi connectivity index (χ3v) is 6.61. The topological polar surface area (TPSA) is 84.9 Å². The lowest BCUT2D eigenvalue weighted by Gasteiger charge is -2.13. The van der Waals surface area contributed by atoms with Crippen molar-refractivity contribution in [2.24, 2.45) is 0 Å².